The molecule has 3 aromatic rings. The molecule has 0 bridgehead atoms. The Morgan fingerprint density at radius 2 is 1.90 bits per heavy atom. The summed E-state index contributed by atoms with van der Waals surface area (Å²) in [6.45, 7) is 0. The number of hydrogen-bond donors (Lipinski definition) is 0. The van der Waals surface area contributed by atoms with Gasteiger partial charge in [-0.25, -0.2) is 9.31 Å². The lowest BCUT2D eigenvalue weighted by Gasteiger charge is -2.02. The van der Waals surface area contributed by atoms with Crippen LogP contribution in [0.5, 0.6) is 5.75 Å². The third-order valence-electron chi connectivity index (χ3n) is 3.28. The minimum atomic E-state index is -0.419. The molecule has 0 aliphatic rings. The molecule has 0 aliphatic heterocycles. The van der Waals surface area contributed by atoms with Crippen molar-refractivity contribution in [2.75, 3.05) is 14.2 Å². The number of carbonyl (C=O) groups excluding carboxylic acids is 1. The monoisotopic (exact) mass is 282 g/mol. The van der Waals surface area contributed by atoms with Crippen LogP contribution < -0.4 is 4.74 Å². The fourth-order valence-corrected chi connectivity index (χ4v) is 2.25. The number of nitrogens with zero attached hydrogens (tertiary/aromatic N) is 2. The zero-order chi connectivity index (χ0) is 14.8. The molecule has 0 spiro atoms. The molecule has 0 unspecified atom stereocenters. The molecule has 0 saturated heterocycles. The molecule has 2 heterocycles. The average Bonchev–Trinajstić information content (AvgIpc) is 2.93. The van der Waals surface area contributed by atoms with E-state index >= 15 is 0 Å². The zero-order valence-electron chi connectivity index (χ0n) is 11.7. The van der Waals surface area contributed by atoms with E-state index in [0.29, 0.717) is 22.5 Å². The van der Waals surface area contributed by atoms with Crippen molar-refractivity contribution in [2.24, 2.45) is 0 Å². The lowest BCUT2D eigenvalue weighted by molar-refractivity contribution is 0.0604. The Labute approximate surface area is 121 Å². The molecular weight excluding hydrogens is 268 g/mol. The summed E-state index contributed by atoms with van der Waals surface area (Å²) in [4.78, 5) is 12.2. The lowest BCUT2D eigenvalue weighted by atomic mass is 10.1. The summed E-state index contributed by atoms with van der Waals surface area (Å²) in [5, 5.41) is 4.49. The summed E-state index contributed by atoms with van der Waals surface area (Å²) in [5.41, 5.74) is 2.54. The topological polar surface area (TPSA) is 52.8 Å². The van der Waals surface area contributed by atoms with Gasteiger partial charge in [0.2, 0.25) is 0 Å². The Hall–Kier alpha value is -2.82. The molecule has 0 saturated carbocycles. The number of ether oxygens (including phenoxy) is 2. The van der Waals surface area contributed by atoms with Crippen LogP contribution in [-0.4, -0.2) is 29.8 Å². The summed E-state index contributed by atoms with van der Waals surface area (Å²) in [6.07, 6.45) is 1.76. The molecule has 0 fully saturated rings. The van der Waals surface area contributed by atoms with Crippen LogP contribution in [0, 0.1) is 0 Å². The van der Waals surface area contributed by atoms with Gasteiger partial charge in [-0.1, -0.05) is 30.3 Å². The molecule has 0 N–H and O–H groups in total. The highest BCUT2D eigenvalue weighted by Crippen LogP contribution is 2.28. The van der Waals surface area contributed by atoms with E-state index in [1.165, 1.54) is 7.11 Å². The lowest BCUT2D eigenvalue weighted by Crippen LogP contribution is -2.02. The molecule has 5 heteroatoms. The number of methoxy groups -OCH3 is 2. The standard InChI is InChI=1S/C16H14N2O3/c1-20-12-8-9-18-13(10-12)14(16(19)21-2)15(17-18)11-6-4-3-5-7-11/h3-10H,1-2H3. The molecule has 5 nitrogen and oxygen atoms in total. The molecule has 2 aromatic heterocycles. The van der Waals surface area contributed by atoms with E-state index in [0.717, 1.165) is 5.56 Å². The van der Waals surface area contributed by atoms with E-state index in [4.69, 9.17) is 9.47 Å². The second-order valence-corrected chi connectivity index (χ2v) is 4.48. The number of esters is 1. The number of hydrogen-bond acceptors (Lipinski definition) is 4. The average molecular weight is 282 g/mol. The van der Waals surface area contributed by atoms with Gasteiger partial charge in [-0.2, -0.15) is 5.10 Å². The van der Waals surface area contributed by atoms with E-state index in [2.05, 4.69) is 5.10 Å². The van der Waals surface area contributed by atoms with E-state index in [1.807, 2.05) is 30.3 Å². The number of benzene rings is 1. The van der Waals surface area contributed by atoms with Gasteiger partial charge >= 0.3 is 5.97 Å². The minimum Gasteiger partial charge on any atom is -0.497 e. The fourth-order valence-electron chi connectivity index (χ4n) is 2.25. The van der Waals surface area contributed by atoms with Gasteiger partial charge < -0.3 is 9.47 Å². The van der Waals surface area contributed by atoms with Crippen molar-refractivity contribution < 1.29 is 14.3 Å². The second kappa shape index (κ2) is 5.28. The molecule has 0 atom stereocenters. The molecule has 21 heavy (non-hydrogen) atoms. The Balaban J connectivity index is 2.31. The Bertz CT molecular complexity index is 794. The first-order valence-corrected chi connectivity index (χ1v) is 6.44. The van der Waals surface area contributed by atoms with E-state index in [9.17, 15) is 4.79 Å². The van der Waals surface area contributed by atoms with Crippen molar-refractivity contribution in [3.8, 4) is 17.0 Å². The van der Waals surface area contributed by atoms with Gasteiger partial charge in [0.05, 0.1) is 19.7 Å². The Morgan fingerprint density at radius 3 is 2.57 bits per heavy atom. The minimum absolute atomic E-state index is 0.419. The molecule has 1 aromatic carbocycles. The summed E-state index contributed by atoms with van der Waals surface area (Å²) < 4.78 is 11.8. The van der Waals surface area contributed by atoms with Crippen LogP contribution in [0.3, 0.4) is 0 Å². The largest absolute Gasteiger partial charge is 0.497 e. The summed E-state index contributed by atoms with van der Waals surface area (Å²) >= 11 is 0. The summed E-state index contributed by atoms with van der Waals surface area (Å²) in [7, 11) is 2.94. The molecular formula is C16H14N2O3. The molecule has 0 aliphatic carbocycles. The number of fused-ring (bicyclic) bond motifs is 1. The first kappa shape index (κ1) is 13.2. The van der Waals surface area contributed by atoms with Crippen molar-refractivity contribution in [1.82, 2.24) is 9.61 Å². The first-order chi connectivity index (χ1) is 10.2. The Morgan fingerprint density at radius 1 is 1.14 bits per heavy atom. The zero-order valence-corrected chi connectivity index (χ0v) is 11.7. The van der Waals surface area contributed by atoms with Crippen LogP contribution in [0.25, 0.3) is 16.8 Å². The van der Waals surface area contributed by atoms with Crippen LogP contribution in [0.15, 0.2) is 48.7 Å². The predicted octanol–water partition coefficient (Wildman–Crippen LogP) is 2.80. The van der Waals surface area contributed by atoms with E-state index in [1.54, 1.807) is 30.0 Å². The van der Waals surface area contributed by atoms with Crippen LogP contribution in [-0.2, 0) is 4.74 Å². The molecule has 106 valence electrons. The molecule has 3 rings (SSSR count). The maximum atomic E-state index is 12.2. The third-order valence-corrected chi connectivity index (χ3v) is 3.28. The van der Waals surface area contributed by atoms with Crippen LogP contribution in [0.1, 0.15) is 10.4 Å². The molecule has 0 amide bonds. The van der Waals surface area contributed by atoms with Gasteiger partial charge in [-0.05, 0) is 6.07 Å². The number of aromatic nitrogens is 2. The highest BCUT2D eigenvalue weighted by atomic mass is 16.5. The number of carbonyl (C=O) groups is 1. The first-order valence-electron chi connectivity index (χ1n) is 6.44. The highest BCUT2D eigenvalue weighted by Gasteiger charge is 2.21. The number of pyridine rings is 1. The number of rotatable bonds is 3. The maximum Gasteiger partial charge on any atom is 0.342 e. The van der Waals surface area contributed by atoms with Crippen molar-refractivity contribution in [1.29, 1.82) is 0 Å². The normalized spacial score (nSPS) is 10.6. The van der Waals surface area contributed by atoms with Gasteiger partial charge in [-0.3, -0.25) is 0 Å². The van der Waals surface area contributed by atoms with Crippen molar-refractivity contribution >= 4 is 11.5 Å². The predicted molar refractivity (Wildman–Crippen MR) is 78.5 cm³/mol. The smallest absolute Gasteiger partial charge is 0.342 e. The Kier molecular flexibility index (Phi) is 3.31. The van der Waals surface area contributed by atoms with E-state index in [-0.39, 0.29) is 0 Å². The fraction of sp³-hybridized carbons (Fsp3) is 0.125. The van der Waals surface area contributed by atoms with Crippen molar-refractivity contribution in [3.63, 3.8) is 0 Å². The van der Waals surface area contributed by atoms with Crippen molar-refractivity contribution in [2.45, 2.75) is 0 Å². The summed E-state index contributed by atoms with van der Waals surface area (Å²) in [6, 6.07) is 13.1. The van der Waals surface area contributed by atoms with Gasteiger partial charge in [0.25, 0.3) is 0 Å². The summed E-state index contributed by atoms with van der Waals surface area (Å²) in [5.74, 6) is 0.240. The molecule has 0 radical (unpaired) electrons. The second-order valence-electron chi connectivity index (χ2n) is 4.48. The third kappa shape index (κ3) is 2.23. The SMILES string of the molecule is COC(=O)c1c(-c2ccccc2)nn2ccc(OC)cc12. The van der Waals surface area contributed by atoms with E-state index < -0.39 is 5.97 Å². The quantitative estimate of drug-likeness (QED) is 0.693. The van der Waals surface area contributed by atoms with Crippen LogP contribution in [0.4, 0.5) is 0 Å². The van der Waals surface area contributed by atoms with Crippen LogP contribution >= 0.6 is 0 Å². The van der Waals surface area contributed by atoms with Gasteiger partial charge in [0.15, 0.2) is 0 Å². The maximum absolute atomic E-state index is 12.2. The van der Waals surface area contributed by atoms with Crippen LogP contribution in [0.2, 0.25) is 0 Å². The van der Waals surface area contributed by atoms with Gasteiger partial charge in [0, 0.05) is 17.8 Å². The van der Waals surface area contributed by atoms with Gasteiger partial charge in [-0.15, -0.1) is 0 Å². The van der Waals surface area contributed by atoms with Crippen molar-refractivity contribution in [3.05, 3.63) is 54.2 Å². The highest BCUT2D eigenvalue weighted by molar-refractivity contribution is 6.03. The van der Waals surface area contributed by atoms with Gasteiger partial charge in [0.1, 0.15) is 17.0 Å².